The van der Waals surface area contributed by atoms with Crippen LogP contribution < -0.4 is 0 Å². The Morgan fingerprint density at radius 3 is 2.79 bits per heavy atom. The molecule has 0 aromatic heterocycles. The predicted octanol–water partition coefficient (Wildman–Crippen LogP) is 0.904. The maximum absolute atomic E-state index is 12.5. The van der Waals surface area contributed by atoms with E-state index in [0.717, 1.165) is 38.6 Å². The highest BCUT2D eigenvalue weighted by Gasteiger charge is 2.48. The Kier molecular flexibility index (Phi) is 2.96. The van der Waals surface area contributed by atoms with Gasteiger partial charge in [-0.05, 0) is 32.1 Å². The summed E-state index contributed by atoms with van der Waals surface area (Å²) in [5.41, 5.74) is -0.0124. The number of hydrogen-bond acceptors (Lipinski definition) is 3. The minimum Gasteiger partial charge on any atom is -0.331 e. The summed E-state index contributed by atoms with van der Waals surface area (Å²) in [5.74, 6) is 0.181. The first kappa shape index (κ1) is 12.5. The van der Waals surface area contributed by atoms with E-state index >= 15 is 0 Å². The molecule has 3 rings (SSSR count). The highest BCUT2D eigenvalue weighted by Crippen LogP contribution is 2.49. The van der Waals surface area contributed by atoms with Crippen LogP contribution in [0.5, 0.6) is 0 Å². The van der Waals surface area contributed by atoms with Crippen LogP contribution >= 0.6 is 0 Å². The summed E-state index contributed by atoms with van der Waals surface area (Å²) in [6.07, 6.45) is 5.34. The molecule has 1 unspecified atom stereocenters. The molecule has 0 aromatic carbocycles. The first-order valence-electron chi connectivity index (χ1n) is 7.10. The number of piperazine rings is 1. The second-order valence-electron chi connectivity index (χ2n) is 6.13. The van der Waals surface area contributed by atoms with Gasteiger partial charge in [-0.15, -0.1) is 0 Å². The van der Waals surface area contributed by atoms with Crippen molar-refractivity contribution in [2.75, 3.05) is 19.6 Å². The van der Waals surface area contributed by atoms with Crippen molar-refractivity contribution in [1.29, 1.82) is 5.26 Å². The molecule has 1 saturated carbocycles. The number of carbonyl (C=O) groups excluding carboxylic acids is 2. The highest BCUT2D eigenvalue weighted by molar-refractivity contribution is 5.95. The molecule has 3 fully saturated rings. The van der Waals surface area contributed by atoms with Crippen molar-refractivity contribution in [2.24, 2.45) is 5.41 Å². The Hall–Kier alpha value is -1.57. The number of piperidine rings is 1. The van der Waals surface area contributed by atoms with E-state index in [4.69, 9.17) is 5.26 Å². The second-order valence-corrected chi connectivity index (χ2v) is 6.13. The summed E-state index contributed by atoms with van der Waals surface area (Å²) in [4.78, 5) is 28.0. The van der Waals surface area contributed by atoms with E-state index in [2.05, 4.69) is 6.07 Å². The number of fused-ring (bicyclic) bond motifs is 1. The first-order valence-corrected chi connectivity index (χ1v) is 7.10. The topological polar surface area (TPSA) is 64.4 Å². The third-order valence-corrected chi connectivity index (χ3v) is 4.68. The molecule has 19 heavy (non-hydrogen) atoms. The van der Waals surface area contributed by atoms with E-state index in [0.29, 0.717) is 13.0 Å². The van der Waals surface area contributed by atoms with Gasteiger partial charge in [0.2, 0.25) is 11.8 Å². The maximum Gasteiger partial charge on any atom is 0.245 e. The lowest BCUT2D eigenvalue weighted by Crippen LogP contribution is -2.61. The van der Waals surface area contributed by atoms with Crippen molar-refractivity contribution in [3.05, 3.63) is 0 Å². The van der Waals surface area contributed by atoms with Gasteiger partial charge in [0.05, 0.1) is 12.6 Å². The zero-order chi connectivity index (χ0) is 13.5. The van der Waals surface area contributed by atoms with Crippen LogP contribution in [-0.4, -0.2) is 47.3 Å². The molecule has 102 valence electrons. The number of hydrogen-bond donors (Lipinski definition) is 0. The van der Waals surface area contributed by atoms with E-state index in [1.54, 1.807) is 9.80 Å². The lowest BCUT2D eigenvalue weighted by molar-refractivity contribution is -0.158. The third-order valence-electron chi connectivity index (χ3n) is 4.68. The van der Waals surface area contributed by atoms with Gasteiger partial charge in [0.25, 0.3) is 0 Å². The fraction of sp³-hybridized carbons (Fsp3) is 0.786. The summed E-state index contributed by atoms with van der Waals surface area (Å²) in [7, 11) is 0. The molecular formula is C14H19N3O2. The first-order chi connectivity index (χ1) is 9.15. The predicted molar refractivity (Wildman–Crippen MR) is 67.8 cm³/mol. The van der Waals surface area contributed by atoms with Crippen molar-refractivity contribution in [2.45, 2.75) is 44.6 Å². The van der Waals surface area contributed by atoms with E-state index < -0.39 is 0 Å². The van der Waals surface area contributed by atoms with Crippen LogP contribution in [0.3, 0.4) is 0 Å². The van der Waals surface area contributed by atoms with E-state index in [1.807, 2.05) is 0 Å². The quantitative estimate of drug-likeness (QED) is 0.758. The lowest BCUT2D eigenvalue weighted by Gasteiger charge is -2.43. The smallest absolute Gasteiger partial charge is 0.245 e. The van der Waals surface area contributed by atoms with Gasteiger partial charge in [-0.3, -0.25) is 9.59 Å². The Morgan fingerprint density at radius 2 is 2.11 bits per heavy atom. The van der Waals surface area contributed by atoms with E-state index in [-0.39, 0.29) is 29.8 Å². The van der Waals surface area contributed by atoms with E-state index in [1.165, 1.54) is 0 Å². The Morgan fingerprint density at radius 1 is 1.32 bits per heavy atom. The molecule has 1 aliphatic carbocycles. The summed E-state index contributed by atoms with van der Waals surface area (Å²) in [6.45, 7) is 1.53. The molecule has 2 aliphatic heterocycles. The number of amides is 2. The average molecular weight is 261 g/mol. The van der Waals surface area contributed by atoms with Gasteiger partial charge in [0.1, 0.15) is 6.04 Å². The highest BCUT2D eigenvalue weighted by atomic mass is 16.2. The van der Waals surface area contributed by atoms with Crippen LogP contribution in [-0.2, 0) is 9.59 Å². The van der Waals surface area contributed by atoms with Crippen molar-refractivity contribution < 1.29 is 9.59 Å². The van der Waals surface area contributed by atoms with Gasteiger partial charge in [-0.2, -0.15) is 5.26 Å². The Labute approximate surface area is 113 Å². The van der Waals surface area contributed by atoms with Crippen molar-refractivity contribution in [3.8, 4) is 6.07 Å². The molecule has 2 heterocycles. The number of nitrogens with zero attached hydrogens (tertiary/aromatic N) is 3. The summed E-state index contributed by atoms with van der Waals surface area (Å²) in [5, 5.41) is 8.85. The molecule has 2 saturated heterocycles. The minimum absolute atomic E-state index is 0.0124. The van der Waals surface area contributed by atoms with Crippen LogP contribution in [0.2, 0.25) is 0 Å². The van der Waals surface area contributed by atoms with Gasteiger partial charge in [0, 0.05) is 24.9 Å². The van der Waals surface area contributed by atoms with Crippen LogP contribution in [0.15, 0.2) is 0 Å². The zero-order valence-corrected chi connectivity index (χ0v) is 11.1. The molecule has 1 atom stereocenters. The monoisotopic (exact) mass is 261 g/mol. The second kappa shape index (κ2) is 4.52. The largest absolute Gasteiger partial charge is 0.331 e. The van der Waals surface area contributed by atoms with Crippen molar-refractivity contribution in [1.82, 2.24) is 9.80 Å². The van der Waals surface area contributed by atoms with Crippen molar-refractivity contribution in [3.63, 3.8) is 0 Å². The molecular weight excluding hydrogens is 242 g/mol. The van der Waals surface area contributed by atoms with Crippen LogP contribution in [0.25, 0.3) is 0 Å². The standard InChI is InChI=1S/C14H19N3O2/c15-7-6-14(4-5-14)10-16-9-12(18)17-8-2-1-3-11(17)13(16)19/h11H,1-6,8-10H2. The summed E-state index contributed by atoms with van der Waals surface area (Å²) >= 11 is 0. The van der Waals surface area contributed by atoms with Gasteiger partial charge >= 0.3 is 0 Å². The number of nitriles is 1. The lowest BCUT2D eigenvalue weighted by atomic mass is 9.96. The van der Waals surface area contributed by atoms with Gasteiger partial charge < -0.3 is 9.80 Å². The third kappa shape index (κ3) is 2.20. The molecule has 5 heteroatoms. The normalized spacial score (nSPS) is 28.9. The molecule has 0 bridgehead atoms. The fourth-order valence-corrected chi connectivity index (χ4v) is 3.30. The van der Waals surface area contributed by atoms with Crippen molar-refractivity contribution >= 4 is 11.8 Å². The average Bonchev–Trinajstić information content (AvgIpc) is 3.16. The zero-order valence-electron chi connectivity index (χ0n) is 11.1. The van der Waals surface area contributed by atoms with Gasteiger partial charge in [-0.25, -0.2) is 0 Å². The maximum atomic E-state index is 12.5. The van der Waals surface area contributed by atoms with E-state index in [9.17, 15) is 9.59 Å². The fourth-order valence-electron chi connectivity index (χ4n) is 3.30. The molecule has 2 amide bonds. The molecule has 0 radical (unpaired) electrons. The van der Waals surface area contributed by atoms with Crippen LogP contribution in [0.4, 0.5) is 0 Å². The summed E-state index contributed by atoms with van der Waals surface area (Å²) < 4.78 is 0. The summed E-state index contributed by atoms with van der Waals surface area (Å²) in [6, 6.07) is 1.98. The van der Waals surface area contributed by atoms with Gasteiger partial charge in [-0.1, -0.05) is 0 Å². The minimum atomic E-state index is -0.229. The molecule has 0 N–H and O–H groups in total. The van der Waals surface area contributed by atoms with Gasteiger partial charge in [0.15, 0.2) is 0 Å². The number of rotatable bonds is 3. The SMILES string of the molecule is N#CCC1(CN2CC(=O)N3CCCCC3C2=O)CC1. The number of carbonyl (C=O) groups is 2. The molecule has 3 aliphatic rings. The van der Waals surface area contributed by atoms with Crippen LogP contribution in [0, 0.1) is 16.7 Å². The molecule has 5 nitrogen and oxygen atoms in total. The van der Waals surface area contributed by atoms with Crippen LogP contribution in [0.1, 0.15) is 38.5 Å². The molecule has 0 spiro atoms. The Balaban J connectivity index is 1.71. The molecule has 0 aromatic rings. The Bertz CT molecular complexity index is 450.